The molecule has 28 heavy (non-hydrogen) atoms. The lowest BCUT2D eigenvalue weighted by Crippen LogP contribution is -2.47. The van der Waals surface area contributed by atoms with Crippen LogP contribution < -0.4 is 0 Å². The number of rotatable bonds is 7. The Kier molecular flexibility index (Phi) is 6.31. The van der Waals surface area contributed by atoms with Gasteiger partial charge in [-0.1, -0.05) is 13.8 Å². The summed E-state index contributed by atoms with van der Waals surface area (Å²) in [6, 6.07) is 4.41. The third kappa shape index (κ3) is 4.51. The van der Waals surface area contributed by atoms with Crippen molar-refractivity contribution in [2.45, 2.75) is 46.0 Å². The predicted octanol–water partition coefficient (Wildman–Crippen LogP) is 3.62. The number of piperidine rings is 1. The number of amides is 1. The summed E-state index contributed by atoms with van der Waals surface area (Å²) in [5.74, 6) is -0.256. The molecule has 0 radical (unpaired) electrons. The lowest BCUT2D eigenvalue weighted by Gasteiger charge is -2.39. The van der Waals surface area contributed by atoms with Crippen molar-refractivity contribution in [1.82, 2.24) is 14.9 Å². The van der Waals surface area contributed by atoms with Crippen molar-refractivity contribution in [1.29, 1.82) is 0 Å². The van der Waals surface area contributed by atoms with Gasteiger partial charge in [-0.3, -0.25) is 9.59 Å². The Hall–Kier alpha value is -2.44. The van der Waals surface area contributed by atoms with E-state index in [0.717, 1.165) is 12.8 Å². The number of carbonyl (C=O) groups is 2. The topological polar surface area (TPSA) is 86.3 Å². The lowest BCUT2D eigenvalue weighted by molar-refractivity contribution is -0.141. The maximum Gasteiger partial charge on any atom is 0.303 e. The summed E-state index contributed by atoms with van der Waals surface area (Å²) in [4.78, 5) is 33.7. The number of fused-ring (bicyclic) bond motifs is 1. The van der Waals surface area contributed by atoms with Crippen molar-refractivity contribution in [3.8, 4) is 0 Å². The fraction of sp³-hybridized carbons (Fsp3) is 0.571. The zero-order valence-corrected chi connectivity index (χ0v) is 16.4. The van der Waals surface area contributed by atoms with Gasteiger partial charge in [0.25, 0.3) is 0 Å². The molecule has 152 valence electrons. The number of carbonyl (C=O) groups excluding carboxylic acids is 1. The highest BCUT2D eigenvalue weighted by atomic mass is 19.1. The van der Waals surface area contributed by atoms with Gasteiger partial charge in [0.15, 0.2) is 0 Å². The Morgan fingerprint density at radius 1 is 1.32 bits per heavy atom. The molecule has 2 unspecified atom stereocenters. The van der Waals surface area contributed by atoms with Crippen molar-refractivity contribution in [3.63, 3.8) is 0 Å². The zero-order valence-electron chi connectivity index (χ0n) is 16.4. The molecule has 1 fully saturated rings. The van der Waals surface area contributed by atoms with Crippen LogP contribution in [0.25, 0.3) is 11.0 Å². The molecule has 1 aromatic heterocycles. The van der Waals surface area contributed by atoms with Crippen LogP contribution in [0.15, 0.2) is 18.2 Å². The van der Waals surface area contributed by atoms with E-state index in [9.17, 15) is 19.1 Å². The molecule has 1 aromatic carbocycles. The fourth-order valence-electron chi connectivity index (χ4n) is 4.28. The van der Waals surface area contributed by atoms with Gasteiger partial charge in [0.2, 0.25) is 5.91 Å². The van der Waals surface area contributed by atoms with Crippen molar-refractivity contribution >= 4 is 22.9 Å². The molecule has 1 aliphatic heterocycles. The molecule has 1 saturated heterocycles. The number of hydrogen-bond acceptors (Lipinski definition) is 3. The van der Waals surface area contributed by atoms with Crippen LogP contribution in [-0.4, -0.2) is 44.9 Å². The molecule has 0 saturated carbocycles. The van der Waals surface area contributed by atoms with Crippen LogP contribution in [-0.2, 0) is 16.0 Å². The first-order valence-corrected chi connectivity index (χ1v) is 10.1. The van der Waals surface area contributed by atoms with Crippen molar-refractivity contribution in [2.75, 3.05) is 13.1 Å². The molecule has 2 atom stereocenters. The first-order valence-electron chi connectivity index (χ1n) is 10.1. The van der Waals surface area contributed by atoms with Crippen LogP contribution >= 0.6 is 0 Å². The summed E-state index contributed by atoms with van der Waals surface area (Å²) in [5.41, 5.74) is 1.32. The van der Waals surface area contributed by atoms with Crippen molar-refractivity contribution < 1.29 is 19.1 Å². The third-order valence-electron chi connectivity index (χ3n) is 5.92. The second kappa shape index (κ2) is 8.71. The number of aliphatic carboxylic acids is 1. The summed E-state index contributed by atoms with van der Waals surface area (Å²) in [6.45, 7) is 5.19. The standard InChI is InChI=1S/C21H28FN3O3/c1-3-13(4-2)21(28)25-8-7-14(10-20(26)27)15(12-25)9-19-23-17-6-5-16(22)11-18(17)24-19/h5-6,11,13-15H,3-4,7-10,12H2,1-2H3,(H,23,24)(H,26,27). The van der Waals surface area contributed by atoms with Crippen LogP contribution in [0.2, 0.25) is 0 Å². The molecule has 7 heteroatoms. The number of benzene rings is 1. The summed E-state index contributed by atoms with van der Waals surface area (Å²) in [5, 5.41) is 9.29. The molecule has 1 amide bonds. The molecule has 3 rings (SSSR count). The minimum Gasteiger partial charge on any atom is -0.481 e. The number of nitrogens with zero attached hydrogens (tertiary/aromatic N) is 2. The van der Waals surface area contributed by atoms with Gasteiger partial charge >= 0.3 is 5.97 Å². The SMILES string of the molecule is CCC(CC)C(=O)N1CCC(CC(=O)O)C(Cc2nc3ccc(F)cc3[nH]2)C1. The number of likely N-dealkylation sites (tertiary alicyclic amines) is 1. The third-order valence-corrected chi connectivity index (χ3v) is 5.92. The molecule has 2 aromatic rings. The number of H-pyrrole nitrogens is 1. The van der Waals surface area contributed by atoms with Crippen LogP contribution in [0, 0.1) is 23.6 Å². The molecule has 0 bridgehead atoms. The van der Waals surface area contributed by atoms with Gasteiger partial charge in [-0.05, 0) is 49.3 Å². The molecule has 6 nitrogen and oxygen atoms in total. The number of aromatic nitrogens is 2. The number of carboxylic acid groups (broad SMARTS) is 1. The minimum absolute atomic E-state index is 0.00629. The minimum atomic E-state index is -0.818. The normalized spacial score (nSPS) is 20.1. The summed E-state index contributed by atoms with van der Waals surface area (Å²) in [6.07, 6.45) is 2.93. The van der Waals surface area contributed by atoms with E-state index in [0.29, 0.717) is 42.8 Å². The maximum atomic E-state index is 13.4. The zero-order chi connectivity index (χ0) is 20.3. The molecule has 2 N–H and O–H groups in total. The largest absolute Gasteiger partial charge is 0.481 e. The summed E-state index contributed by atoms with van der Waals surface area (Å²) in [7, 11) is 0. The smallest absolute Gasteiger partial charge is 0.303 e. The highest BCUT2D eigenvalue weighted by Crippen LogP contribution is 2.31. The Balaban J connectivity index is 1.79. The van der Waals surface area contributed by atoms with Gasteiger partial charge in [0.1, 0.15) is 11.6 Å². The number of carboxylic acids is 1. The highest BCUT2D eigenvalue weighted by molar-refractivity contribution is 5.79. The van der Waals surface area contributed by atoms with E-state index in [1.807, 2.05) is 18.7 Å². The van der Waals surface area contributed by atoms with Gasteiger partial charge in [0.05, 0.1) is 11.0 Å². The Bertz CT molecular complexity index is 847. The number of imidazole rings is 1. The molecular formula is C21H28FN3O3. The Labute approximate surface area is 164 Å². The molecule has 0 aliphatic carbocycles. The van der Waals surface area contributed by atoms with Gasteiger partial charge < -0.3 is 15.0 Å². The number of hydrogen-bond donors (Lipinski definition) is 2. The monoisotopic (exact) mass is 389 g/mol. The molecule has 2 heterocycles. The van der Waals surface area contributed by atoms with Crippen LogP contribution in [0.1, 0.15) is 45.4 Å². The predicted molar refractivity (Wildman–Crippen MR) is 104 cm³/mol. The van der Waals surface area contributed by atoms with Gasteiger partial charge in [-0.2, -0.15) is 0 Å². The van der Waals surface area contributed by atoms with Gasteiger partial charge in [-0.15, -0.1) is 0 Å². The first kappa shape index (κ1) is 20.3. The number of aromatic amines is 1. The van der Waals surface area contributed by atoms with Gasteiger partial charge in [-0.25, -0.2) is 9.37 Å². The summed E-state index contributed by atoms with van der Waals surface area (Å²) < 4.78 is 13.4. The second-order valence-electron chi connectivity index (χ2n) is 7.75. The second-order valence-corrected chi connectivity index (χ2v) is 7.75. The molecule has 0 spiro atoms. The quantitative estimate of drug-likeness (QED) is 0.757. The van der Waals surface area contributed by atoms with E-state index in [4.69, 9.17) is 0 Å². The van der Waals surface area contributed by atoms with Crippen molar-refractivity contribution in [2.24, 2.45) is 17.8 Å². The van der Waals surface area contributed by atoms with Gasteiger partial charge in [0, 0.05) is 31.8 Å². The average Bonchev–Trinajstić information content (AvgIpc) is 3.05. The van der Waals surface area contributed by atoms with E-state index in [1.54, 1.807) is 6.07 Å². The van der Waals surface area contributed by atoms with Crippen LogP contribution in [0.4, 0.5) is 4.39 Å². The Morgan fingerprint density at radius 3 is 2.75 bits per heavy atom. The van der Waals surface area contributed by atoms with E-state index >= 15 is 0 Å². The van der Waals surface area contributed by atoms with E-state index in [-0.39, 0.29) is 35.9 Å². The van der Waals surface area contributed by atoms with Crippen molar-refractivity contribution in [3.05, 3.63) is 29.8 Å². The maximum absolute atomic E-state index is 13.4. The van der Waals surface area contributed by atoms with E-state index in [2.05, 4.69) is 9.97 Å². The average molecular weight is 389 g/mol. The number of halogens is 1. The number of nitrogens with one attached hydrogen (secondary N) is 1. The van der Waals surface area contributed by atoms with Crippen LogP contribution in [0.5, 0.6) is 0 Å². The van der Waals surface area contributed by atoms with Crippen LogP contribution in [0.3, 0.4) is 0 Å². The lowest BCUT2D eigenvalue weighted by atomic mass is 9.80. The fourth-order valence-corrected chi connectivity index (χ4v) is 4.28. The first-order chi connectivity index (χ1) is 13.4. The molecular weight excluding hydrogens is 361 g/mol. The van der Waals surface area contributed by atoms with E-state index < -0.39 is 5.97 Å². The van der Waals surface area contributed by atoms with E-state index in [1.165, 1.54) is 12.1 Å². The Morgan fingerprint density at radius 2 is 2.07 bits per heavy atom. The highest BCUT2D eigenvalue weighted by Gasteiger charge is 2.34. The summed E-state index contributed by atoms with van der Waals surface area (Å²) >= 11 is 0. The molecule has 1 aliphatic rings.